The van der Waals surface area contributed by atoms with E-state index in [1.807, 2.05) is 13.1 Å². The van der Waals surface area contributed by atoms with Crippen molar-refractivity contribution in [3.63, 3.8) is 0 Å². The number of rotatable bonds is 1. The highest BCUT2D eigenvalue weighted by molar-refractivity contribution is 5.77. The van der Waals surface area contributed by atoms with Crippen LogP contribution in [0.5, 0.6) is 0 Å². The Morgan fingerprint density at radius 3 is 3.21 bits per heavy atom. The fraction of sp³-hybridized carbons (Fsp3) is 0.400. The summed E-state index contributed by atoms with van der Waals surface area (Å²) < 4.78 is 0. The topological polar surface area (TPSA) is 48.7 Å². The van der Waals surface area contributed by atoms with Gasteiger partial charge in [0.05, 0.1) is 11.9 Å². The molecule has 0 amide bonds. The first-order valence-corrected chi connectivity index (χ1v) is 4.70. The lowest BCUT2D eigenvalue weighted by Gasteiger charge is -2.26. The first-order valence-electron chi connectivity index (χ1n) is 4.70. The Labute approximate surface area is 82.9 Å². The minimum atomic E-state index is 0.694. The van der Waals surface area contributed by atoms with Crippen LogP contribution in [-0.4, -0.2) is 30.0 Å². The van der Waals surface area contributed by atoms with Crippen LogP contribution in [0.3, 0.4) is 0 Å². The molecule has 1 aliphatic heterocycles. The first-order chi connectivity index (χ1) is 6.81. The zero-order valence-corrected chi connectivity index (χ0v) is 8.14. The van der Waals surface area contributed by atoms with Gasteiger partial charge in [-0.1, -0.05) is 11.2 Å². The Balaban J connectivity index is 2.40. The van der Waals surface area contributed by atoms with Crippen LogP contribution in [0.2, 0.25) is 0 Å². The summed E-state index contributed by atoms with van der Waals surface area (Å²) in [5.74, 6) is 1.01. The Morgan fingerprint density at radius 1 is 1.57 bits per heavy atom. The molecule has 0 aliphatic carbocycles. The maximum Gasteiger partial charge on any atom is 0.132 e. The Bertz CT molecular complexity index is 362. The Hall–Kier alpha value is -1.58. The minimum absolute atomic E-state index is 0.694. The van der Waals surface area contributed by atoms with Crippen LogP contribution in [0.15, 0.2) is 17.3 Å². The monoisotopic (exact) mass is 191 g/mol. The molecule has 0 unspecified atom stereocenters. The van der Waals surface area contributed by atoms with Gasteiger partial charge in [0.25, 0.3) is 0 Å². The van der Waals surface area contributed by atoms with Crippen molar-refractivity contribution in [1.29, 1.82) is 0 Å². The van der Waals surface area contributed by atoms with Gasteiger partial charge in [-0.25, -0.2) is 4.98 Å². The van der Waals surface area contributed by atoms with Crippen LogP contribution in [0, 0.1) is 0 Å². The zero-order valence-electron chi connectivity index (χ0n) is 8.14. The van der Waals surface area contributed by atoms with Gasteiger partial charge >= 0.3 is 0 Å². The lowest BCUT2D eigenvalue weighted by atomic mass is 10.1. The molecule has 0 aromatic carbocycles. The predicted octanol–water partition coefficient (Wildman–Crippen LogP) is 1.27. The molecule has 0 spiro atoms. The second-order valence-corrected chi connectivity index (χ2v) is 3.49. The number of aromatic nitrogens is 1. The van der Waals surface area contributed by atoms with E-state index in [4.69, 9.17) is 5.21 Å². The van der Waals surface area contributed by atoms with Gasteiger partial charge in [-0.2, -0.15) is 0 Å². The fourth-order valence-electron chi connectivity index (χ4n) is 1.76. The fourth-order valence-corrected chi connectivity index (χ4v) is 1.76. The third-order valence-electron chi connectivity index (χ3n) is 2.47. The molecule has 14 heavy (non-hydrogen) atoms. The predicted molar refractivity (Wildman–Crippen MR) is 55.2 cm³/mol. The highest BCUT2D eigenvalue weighted by Gasteiger charge is 2.14. The van der Waals surface area contributed by atoms with Crippen molar-refractivity contribution in [3.8, 4) is 0 Å². The van der Waals surface area contributed by atoms with E-state index < -0.39 is 0 Å². The van der Waals surface area contributed by atoms with Gasteiger partial charge in [-0.15, -0.1) is 0 Å². The first kappa shape index (κ1) is 8.99. The Kier molecular flexibility index (Phi) is 2.35. The van der Waals surface area contributed by atoms with Crippen LogP contribution >= 0.6 is 0 Å². The highest BCUT2D eigenvalue weighted by Crippen LogP contribution is 2.23. The molecule has 1 aliphatic rings. The lowest BCUT2D eigenvalue weighted by Crippen LogP contribution is -2.26. The molecule has 1 N–H and O–H groups in total. The third-order valence-corrected chi connectivity index (χ3v) is 2.47. The molecule has 1 aromatic heterocycles. The summed E-state index contributed by atoms with van der Waals surface area (Å²) in [4.78, 5) is 6.53. The summed E-state index contributed by atoms with van der Waals surface area (Å²) in [6.45, 7) is 1.04. The standard InChI is InChI=1S/C10H13N3O/c1-13-6-2-3-8-4-5-9(7-11-14)12-10(8)13/h4-5,7,14H,2-3,6H2,1H3/b11-7+. The van der Waals surface area contributed by atoms with E-state index in [1.165, 1.54) is 18.2 Å². The molecule has 2 heterocycles. The molecule has 0 bridgehead atoms. The van der Waals surface area contributed by atoms with E-state index >= 15 is 0 Å². The van der Waals surface area contributed by atoms with Gasteiger partial charge in [0, 0.05) is 13.6 Å². The summed E-state index contributed by atoms with van der Waals surface area (Å²) in [5, 5.41) is 11.4. The van der Waals surface area contributed by atoms with Crippen molar-refractivity contribution in [1.82, 2.24) is 4.98 Å². The number of pyridine rings is 1. The number of nitrogens with zero attached hydrogens (tertiary/aromatic N) is 3. The maximum atomic E-state index is 8.41. The largest absolute Gasteiger partial charge is 0.411 e. The normalized spacial score (nSPS) is 15.9. The highest BCUT2D eigenvalue weighted by atomic mass is 16.4. The van der Waals surface area contributed by atoms with Crippen LogP contribution in [0.1, 0.15) is 17.7 Å². The molecule has 74 valence electrons. The van der Waals surface area contributed by atoms with Crippen LogP contribution in [0.25, 0.3) is 0 Å². The molecule has 4 nitrogen and oxygen atoms in total. The van der Waals surface area contributed by atoms with E-state index in [0.29, 0.717) is 5.69 Å². The van der Waals surface area contributed by atoms with E-state index in [0.717, 1.165) is 18.8 Å². The molecule has 2 rings (SSSR count). The summed E-state index contributed by atoms with van der Waals surface area (Å²) in [6.07, 6.45) is 3.62. The molecule has 0 atom stereocenters. The van der Waals surface area contributed by atoms with Crippen molar-refractivity contribution in [2.24, 2.45) is 5.16 Å². The number of oxime groups is 1. The van der Waals surface area contributed by atoms with E-state index in [2.05, 4.69) is 21.1 Å². The second kappa shape index (κ2) is 3.65. The van der Waals surface area contributed by atoms with Gasteiger partial charge < -0.3 is 10.1 Å². The van der Waals surface area contributed by atoms with E-state index in [-0.39, 0.29) is 0 Å². The third kappa shape index (κ3) is 1.55. The van der Waals surface area contributed by atoms with Crippen LogP contribution in [0.4, 0.5) is 5.82 Å². The molecule has 0 radical (unpaired) electrons. The average Bonchev–Trinajstić information content (AvgIpc) is 2.20. The molecule has 0 saturated heterocycles. The van der Waals surface area contributed by atoms with Gasteiger partial charge in [0.15, 0.2) is 0 Å². The van der Waals surface area contributed by atoms with Crippen molar-refractivity contribution in [2.45, 2.75) is 12.8 Å². The quantitative estimate of drug-likeness (QED) is 0.413. The maximum absolute atomic E-state index is 8.41. The van der Waals surface area contributed by atoms with Crippen molar-refractivity contribution in [2.75, 3.05) is 18.5 Å². The summed E-state index contributed by atoms with van der Waals surface area (Å²) in [7, 11) is 2.03. The number of aryl methyl sites for hydroxylation is 1. The Morgan fingerprint density at radius 2 is 2.43 bits per heavy atom. The minimum Gasteiger partial charge on any atom is -0.411 e. The summed E-state index contributed by atoms with van der Waals surface area (Å²) in [5.41, 5.74) is 1.97. The van der Waals surface area contributed by atoms with Crippen molar-refractivity contribution in [3.05, 3.63) is 23.4 Å². The van der Waals surface area contributed by atoms with Gasteiger partial charge in [-0.3, -0.25) is 0 Å². The molecule has 0 saturated carbocycles. The molecular weight excluding hydrogens is 178 g/mol. The zero-order chi connectivity index (χ0) is 9.97. The molecular formula is C10H13N3O. The summed E-state index contributed by atoms with van der Waals surface area (Å²) >= 11 is 0. The second-order valence-electron chi connectivity index (χ2n) is 3.49. The number of hydrogen-bond acceptors (Lipinski definition) is 4. The van der Waals surface area contributed by atoms with E-state index in [9.17, 15) is 0 Å². The average molecular weight is 191 g/mol. The lowest BCUT2D eigenvalue weighted by molar-refractivity contribution is 0.321. The smallest absolute Gasteiger partial charge is 0.132 e. The van der Waals surface area contributed by atoms with Gasteiger partial charge in [-0.05, 0) is 24.5 Å². The van der Waals surface area contributed by atoms with Gasteiger partial charge in [0.1, 0.15) is 5.82 Å². The van der Waals surface area contributed by atoms with Crippen molar-refractivity contribution < 1.29 is 5.21 Å². The molecule has 0 fully saturated rings. The van der Waals surface area contributed by atoms with E-state index in [1.54, 1.807) is 0 Å². The number of anilines is 1. The molecule has 4 heteroatoms. The molecule has 1 aromatic rings. The van der Waals surface area contributed by atoms with Crippen molar-refractivity contribution >= 4 is 12.0 Å². The SMILES string of the molecule is CN1CCCc2ccc(/C=N/O)nc21. The number of hydrogen-bond donors (Lipinski definition) is 1. The van der Waals surface area contributed by atoms with Gasteiger partial charge in [0.2, 0.25) is 0 Å². The summed E-state index contributed by atoms with van der Waals surface area (Å²) in [6, 6.07) is 3.92. The van der Waals surface area contributed by atoms with Crippen LogP contribution in [-0.2, 0) is 6.42 Å². The van der Waals surface area contributed by atoms with Crippen LogP contribution < -0.4 is 4.90 Å². The number of fused-ring (bicyclic) bond motifs is 1.